The molecule has 3 aromatic rings. The lowest BCUT2D eigenvalue weighted by Gasteiger charge is -2.24. The quantitative estimate of drug-likeness (QED) is 0.771. The number of carbonyl (C=O) groups excluding carboxylic acids is 1. The summed E-state index contributed by atoms with van der Waals surface area (Å²) in [6.45, 7) is 2.33. The van der Waals surface area contributed by atoms with Gasteiger partial charge in [-0.05, 0) is 36.2 Å². The second kappa shape index (κ2) is 6.56. The number of amides is 1. The SMILES string of the molecule is COc1ccc(CN2C(=O)C(O)(c3cccc(C)c3)c3ccccc32)cc1. The Morgan fingerprint density at radius 1 is 1.00 bits per heavy atom. The molecule has 4 nitrogen and oxygen atoms in total. The number of ether oxygens (including phenoxy) is 1. The molecule has 0 radical (unpaired) electrons. The average molecular weight is 359 g/mol. The van der Waals surface area contributed by atoms with Gasteiger partial charge in [-0.2, -0.15) is 0 Å². The van der Waals surface area contributed by atoms with E-state index in [4.69, 9.17) is 4.74 Å². The van der Waals surface area contributed by atoms with Gasteiger partial charge in [0.05, 0.1) is 19.3 Å². The molecule has 0 saturated heterocycles. The standard InChI is InChI=1S/C23H21NO3/c1-16-6-5-7-18(14-16)23(26)20-8-3-4-9-21(20)24(22(23)25)15-17-10-12-19(27-2)13-11-17/h3-14,26H,15H2,1-2H3. The van der Waals surface area contributed by atoms with Crippen LogP contribution in [0.15, 0.2) is 72.8 Å². The molecule has 0 aliphatic carbocycles. The smallest absolute Gasteiger partial charge is 0.268 e. The minimum atomic E-state index is -1.67. The minimum Gasteiger partial charge on any atom is -0.497 e. The normalized spacial score (nSPS) is 18.5. The summed E-state index contributed by atoms with van der Waals surface area (Å²) in [5.41, 5.74) is 2.25. The first kappa shape index (κ1) is 17.3. The molecular formula is C23H21NO3. The van der Waals surface area contributed by atoms with E-state index in [0.29, 0.717) is 17.7 Å². The molecule has 1 unspecified atom stereocenters. The summed E-state index contributed by atoms with van der Waals surface area (Å²) in [6, 6.07) is 22.5. The van der Waals surface area contributed by atoms with Crippen molar-refractivity contribution in [3.8, 4) is 5.75 Å². The summed E-state index contributed by atoms with van der Waals surface area (Å²) in [5, 5.41) is 11.5. The topological polar surface area (TPSA) is 49.8 Å². The lowest BCUT2D eigenvalue weighted by Crippen LogP contribution is -2.40. The molecule has 0 spiro atoms. The molecule has 4 heteroatoms. The highest BCUT2D eigenvalue weighted by Gasteiger charge is 2.50. The Hall–Kier alpha value is -3.11. The maximum atomic E-state index is 13.4. The van der Waals surface area contributed by atoms with Gasteiger partial charge in [-0.25, -0.2) is 0 Å². The van der Waals surface area contributed by atoms with Crippen LogP contribution in [-0.2, 0) is 16.9 Å². The molecule has 1 heterocycles. The van der Waals surface area contributed by atoms with Crippen molar-refractivity contribution in [1.29, 1.82) is 0 Å². The van der Waals surface area contributed by atoms with Crippen molar-refractivity contribution in [2.45, 2.75) is 19.1 Å². The van der Waals surface area contributed by atoms with Crippen molar-refractivity contribution < 1.29 is 14.6 Å². The molecule has 0 saturated carbocycles. The zero-order valence-electron chi connectivity index (χ0n) is 15.3. The number of anilines is 1. The lowest BCUT2D eigenvalue weighted by atomic mass is 9.87. The lowest BCUT2D eigenvalue weighted by molar-refractivity contribution is -0.132. The molecule has 0 fully saturated rings. The van der Waals surface area contributed by atoms with Crippen molar-refractivity contribution in [3.05, 3.63) is 95.1 Å². The Kier molecular flexibility index (Phi) is 4.21. The predicted molar refractivity (Wildman–Crippen MR) is 105 cm³/mol. The number of hydrogen-bond acceptors (Lipinski definition) is 3. The van der Waals surface area contributed by atoms with Gasteiger partial charge in [0.15, 0.2) is 5.60 Å². The number of nitrogens with zero attached hydrogens (tertiary/aromatic N) is 1. The molecular weight excluding hydrogens is 338 g/mol. The van der Waals surface area contributed by atoms with Crippen molar-refractivity contribution >= 4 is 11.6 Å². The summed E-state index contributed by atoms with van der Waals surface area (Å²) in [7, 11) is 1.62. The number of para-hydroxylation sites is 1. The Bertz CT molecular complexity index is 997. The van der Waals surface area contributed by atoms with E-state index >= 15 is 0 Å². The van der Waals surface area contributed by atoms with Crippen LogP contribution in [0.3, 0.4) is 0 Å². The number of carbonyl (C=O) groups is 1. The molecule has 136 valence electrons. The first-order chi connectivity index (χ1) is 13.0. The van der Waals surface area contributed by atoms with Crippen LogP contribution in [-0.4, -0.2) is 18.1 Å². The maximum Gasteiger partial charge on any atom is 0.268 e. The van der Waals surface area contributed by atoms with Gasteiger partial charge in [0.1, 0.15) is 5.75 Å². The zero-order valence-corrected chi connectivity index (χ0v) is 15.3. The monoisotopic (exact) mass is 359 g/mol. The third-order valence-electron chi connectivity index (χ3n) is 5.07. The number of aryl methyl sites for hydroxylation is 1. The second-order valence-electron chi connectivity index (χ2n) is 6.84. The van der Waals surface area contributed by atoms with Crippen LogP contribution in [0.25, 0.3) is 0 Å². The van der Waals surface area contributed by atoms with Crippen molar-refractivity contribution in [3.63, 3.8) is 0 Å². The number of aliphatic hydroxyl groups is 1. The maximum absolute atomic E-state index is 13.4. The summed E-state index contributed by atoms with van der Waals surface area (Å²) in [6.07, 6.45) is 0. The summed E-state index contributed by atoms with van der Waals surface area (Å²) >= 11 is 0. The summed E-state index contributed by atoms with van der Waals surface area (Å²) < 4.78 is 5.20. The van der Waals surface area contributed by atoms with E-state index in [2.05, 4.69) is 0 Å². The number of hydrogen-bond donors (Lipinski definition) is 1. The van der Waals surface area contributed by atoms with Gasteiger partial charge in [-0.3, -0.25) is 4.79 Å². The highest BCUT2D eigenvalue weighted by atomic mass is 16.5. The molecule has 27 heavy (non-hydrogen) atoms. The van der Waals surface area contributed by atoms with E-state index in [1.54, 1.807) is 18.1 Å². The van der Waals surface area contributed by atoms with Gasteiger partial charge >= 0.3 is 0 Å². The molecule has 1 N–H and O–H groups in total. The fraction of sp³-hybridized carbons (Fsp3) is 0.174. The zero-order chi connectivity index (χ0) is 19.0. The van der Waals surface area contributed by atoms with Crippen molar-refractivity contribution in [2.75, 3.05) is 12.0 Å². The fourth-order valence-electron chi connectivity index (χ4n) is 3.65. The van der Waals surface area contributed by atoms with Gasteiger partial charge in [0.25, 0.3) is 5.91 Å². The van der Waals surface area contributed by atoms with Crippen molar-refractivity contribution in [1.82, 2.24) is 0 Å². The highest BCUT2D eigenvalue weighted by Crippen LogP contribution is 2.45. The summed E-state index contributed by atoms with van der Waals surface area (Å²) in [4.78, 5) is 15.0. The number of benzene rings is 3. The van der Waals surface area contributed by atoms with Gasteiger partial charge in [-0.1, -0.05) is 60.2 Å². The number of methoxy groups -OCH3 is 1. The molecule has 1 amide bonds. The molecule has 1 atom stereocenters. The highest BCUT2D eigenvalue weighted by molar-refractivity contribution is 6.09. The Labute approximate surface area is 158 Å². The van der Waals surface area contributed by atoms with E-state index in [1.807, 2.05) is 73.7 Å². The van der Waals surface area contributed by atoms with Crippen LogP contribution >= 0.6 is 0 Å². The number of rotatable bonds is 4. The van der Waals surface area contributed by atoms with Gasteiger partial charge < -0.3 is 14.7 Å². The molecule has 1 aliphatic rings. The third-order valence-corrected chi connectivity index (χ3v) is 5.07. The Morgan fingerprint density at radius 3 is 2.44 bits per heavy atom. The van der Waals surface area contributed by atoms with Crippen molar-refractivity contribution in [2.24, 2.45) is 0 Å². The first-order valence-electron chi connectivity index (χ1n) is 8.88. The Balaban J connectivity index is 1.77. The second-order valence-corrected chi connectivity index (χ2v) is 6.84. The van der Waals surface area contributed by atoms with Crippen LogP contribution < -0.4 is 9.64 Å². The average Bonchev–Trinajstić information content (AvgIpc) is 2.92. The van der Waals surface area contributed by atoms with Crippen LogP contribution in [0.1, 0.15) is 22.3 Å². The van der Waals surface area contributed by atoms with E-state index in [-0.39, 0.29) is 5.91 Å². The molecule has 0 bridgehead atoms. The first-order valence-corrected chi connectivity index (χ1v) is 8.88. The van der Waals surface area contributed by atoms with Crippen LogP contribution in [0.2, 0.25) is 0 Å². The van der Waals surface area contributed by atoms with E-state index in [9.17, 15) is 9.90 Å². The van der Waals surface area contributed by atoms with Gasteiger partial charge in [-0.15, -0.1) is 0 Å². The van der Waals surface area contributed by atoms with E-state index < -0.39 is 5.60 Å². The largest absolute Gasteiger partial charge is 0.497 e. The molecule has 1 aliphatic heterocycles. The molecule has 4 rings (SSSR count). The van der Waals surface area contributed by atoms with Crippen LogP contribution in [0, 0.1) is 6.92 Å². The van der Waals surface area contributed by atoms with E-state index in [1.165, 1.54) is 0 Å². The predicted octanol–water partition coefficient (Wildman–Crippen LogP) is 3.79. The van der Waals surface area contributed by atoms with Gasteiger partial charge in [0.2, 0.25) is 0 Å². The van der Waals surface area contributed by atoms with Gasteiger partial charge in [0, 0.05) is 5.56 Å². The van der Waals surface area contributed by atoms with Crippen LogP contribution in [0.5, 0.6) is 5.75 Å². The van der Waals surface area contributed by atoms with E-state index in [0.717, 1.165) is 22.6 Å². The van der Waals surface area contributed by atoms with Crippen LogP contribution in [0.4, 0.5) is 5.69 Å². The summed E-state index contributed by atoms with van der Waals surface area (Å²) in [5.74, 6) is 0.438. The fourth-order valence-corrected chi connectivity index (χ4v) is 3.65. The number of fused-ring (bicyclic) bond motifs is 1. The Morgan fingerprint density at radius 2 is 1.74 bits per heavy atom. The molecule has 3 aromatic carbocycles. The third kappa shape index (κ3) is 2.78. The minimum absolute atomic E-state index is 0.329. The molecule has 0 aromatic heterocycles.